The average molecular weight is 365 g/mol. The fourth-order valence-corrected chi connectivity index (χ4v) is 2.81. The van der Waals surface area contributed by atoms with Crippen molar-refractivity contribution >= 4 is 22.7 Å². The van der Waals surface area contributed by atoms with Gasteiger partial charge in [0.15, 0.2) is 0 Å². The number of hydrazine groups is 1. The molecule has 3 aromatic rings. The van der Waals surface area contributed by atoms with Gasteiger partial charge in [-0.1, -0.05) is 31.5 Å². The molecule has 0 fully saturated rings. The summed E-state index contributed by atoms with van der Waals surface area (Å²) in [6.45, 7) is 2.76. The van der Waals surface area contributed by atoms with E-state index in [1.54, 1.807) is 30.5 Å². The van der Waals surface area contributed by atoms with Crippen LogP contribution in [0, 0.1) is 0 Å². The largest absolute Gasteiger partial charge is 0.494 e. The van der Waals surface area contributed by atoms with Crippen molar-refractivity contribution in [1.82, 2.24) is 15.4 Å². The van der Waals surface area contributed by atoms with Gasteiger partial charge in [0.2, 0.25) is 0 Å². The summed E-state index contributed by atoms with van der Waals surface area (Å²) < 4.78 is 7.45. The van der Waals surface area contributed by atoms with Gasteiger partial charge in [-0.25, -0.2) is 0 Å². The van der Waals surface area contributed by atoms with E-state index in [1.807, 2.05) is 35.9 Å². The SMILES string of the molecule is CCCCOc1ccc(C(=O)NNC(=O)c2cn(C)c3ccccc23)cc1. The summed E-state index contributed by atoms with van der Waals surface area (Å²) in [5.41, 5.74) is 6.83. The lowest BCUT2D eigenvalue weighted by Gasteiger charge is -2.08. The van der Waals surface area contributed by atoms with Crippen LogP contribution in [-0.2, 0) is 7.05 Å². The number of benzene rings is 2. The van der Waals surface area contributed by atoms with E-state index < -0.39 is 0 Å². The Morgan fingerprint density at radius 1 is 1.00 bits per heavy atom. The highest BCUT2D eigenvalue weighted by Gasteiger charge is 2.14. The lowest BCUT2D eigenvalue weighted by molar-refractivity contribution is 0.0847. The highest BCUT2D eigenvalue weighted by Crippen LogP contribution is 2.20. The van der Waals surface area contributed by atoms with Crippen molar-refractivity contribution in [3.63, 3.8) is 0 Å². The number of aryl methyl sites for hydroxylation is 1. The second-order valence-electron chi connectivity index (χ2n) is 6.31. The van der Waals surface area contributed by atoms with Gasteiger partial charge >= 0.3 is 0 Å². The minimum absolute atomic E-state index is 0.361. The van der Waals surface area contributed by atoms with Crippen LogP contribution in [0.15, 0.2) is 54.7 Å². The number of unbranched alkanes of at least 4 members (excludes halogenated alkanes) is 1. The molecule has 1 heterocycles. The Balaban J connectivity index is 1.60. The molecular formula is C21H23N3O3. The predicted molar refractivity (Wildman–Crippen MR) is 105 cm³/mol. The highest BCUT2D eigenvalue weighted by atomic mass is 16.5. The monoisotopic (exact) mass is 365 g/mol. The minimum Gasteiger partial charge on any atom is -0.494 e. The minimum atomic E-state index is -0.385. The van der Waals surface area contributed by atoms with E-state index in [-0.39, 0.29) is 11.8 Å². The summed E-state index contributed by atoms with van der Waals surface area (Å²) in [4.78, 5) is 24.7. The first-order valence-electron chi connectivity index (χ1n) is 8.97. The van der Waals surface area contributed by atoms with Crippen molar-refractivity contribution in [1.29, 1.82) is 0 Å². The molecule has 2 N–H and O–H groups in total. The Kier molecular flexibility index (Phi) is 5.76. The number of amides is 2. The molecule has 0 aliphatic heterocycles. The van der Waals surface area contributed by atoms with E-state index in [4.69, 9.17) is 4.74 Å². The zero-order valence-electron chi connectivity index (χ0n) is 15.5. The van der Waals surface area contributed by atoms with Crippen molar-refractivity contribution in [3.8, 4) is 5.75 Å². The quantitative estimate of drug-likeness (QED) is 0.519. The van der Waals surface area contributed by atoms with Crippen molar-refractivity contribution in [2.75, 3.05) is 6.61 Å². The standard InChI is InChI=1S/C21H23N3O3/c1-3-4-13-27-16-11-9-15(10-12-16)20(25)22-23-21(26)18-14-24(2)19-8-6-5-7-17(18)19/h5-12,14H,3-4,13H2,1-2H3,(H,22,25)(H,23,26). The molecule has 6 heteroatoms. The fraction of sp³-hybridized carbons (Fsp3) is 0.238. The molecule has 0 saturated carbocycles. The summed E-state index contributed by atoms with van der Waals surface area (Å²) in [6, 6.07) is 14.4. The fourth-order valence-electron chi connectivity index (χ4n) is 2.81. The summed E-state index contributed by atoms with van der Waals surface area (Å²) in [7, 11) is 1.88. The van der Waals surface area contributed by atoms with E-state index in [0.717, 1.165) is 29.5 Å². The predicted octanol–water partition coefficient (Wildman–Crippen LogP) is 3.43. The molecule has 0 radical (unpaired) electrons. The number of para-hydroxylation sites is 1. The molecule has 0 unspecified atom stereocenters. The zero-order valence-corrected chi connectivity index (χ0v) is 15.5. The summed E-state index contributed by atoms with van der Waals surface area (Å²) >= 11 is 0. The molecular weight excluding hydrogens is 342 g/mol. The van der Waals surface area contributed by atoms with Crippen LogP contribution in [0.2, 0.25) is 0 Å². The number of nitrogens with zero attached hydrogens (tertiary/aromatic N) is 1. The average Bonchev–Trinajstić information content (AvgIpc) is 3.04. The Morgan fingerprint density at radius 3 is 2.44 bits per heavy atom. The van der Waals surface area contributed by atoms with Gasteiger partial charge in [-0.3, -0.25) is 20.4 Å². The molecule has 0 bridgehead atoms. The van der Waals surface area contributed by atoms with Crippen molar-refractivity contribution < 1.29 is 14.3 Å². The van der Waals surface area contributed by atoms with Crippen molar-refractivity contribution in [2.24, 2.45) is 7.05 Å². The summed E-state index contributed by atoms with van der Waals surface area (Å²) in [5.74, 6) is -0.0249. The van der Waals surface area contributed by atoms with E-state index in [1.165, 1.54) is 0 Å². The van der Waals surface area contributed by atoms with Crippen LogP contribution in [0.3, 0.4) is 0 Å². The van der Waals surface area contributed by atoms with Crippen LogP contribution in [0.1, 0.15) is 40.5 Å². The third kappa shape index (κ3) is 4.28. The Bertz CT molecular complexity index is 945. The lowest BCUT2D eigenvalue weighted by Crippen LogP contribution is -2.41. The lowest BCUT2D eigenvalue weighted by atomic mass is 10.2. The second kappa shape index (κ2) is 8.40. The number of aromatic nitrogens is 1. The molecule has 1 aromatic heterocycles. The third-order valence-corrected chi connectivity index (χ3v) is 4.31. The number of fused-ring (bicyclic) bond motifs is 1. The molecule has 2 amide bonds. The van der Waals surface area contributed by atoms with E-state index in [0.29, 0.717) is 17.7 Å². The van der Waals surface area contributed by atoms with Crippen LogP contribution in [-0.4, -0.2) is 23.0 Å². The van der Waals surface area contributed by atoms with Crippen molar-refractivity contribution in [2.45, 2.75) is 19.8 Å². The zero-order chi connectivity index (χ0) is 19.2. The molecule has 0 spiro atoms. The second-order valence-corrected chi connectivity index (χ2v) is 6.31. The molecule has 27 heavy (non-hydrogen) atoms. The van der Waals surface area contributed by atoms with E-state index in [2.05, 4.69) is 17.8 Å². The molecule has 6 nitrogen and oxygen atoms in total. The van der Waals surface area contributed by atoms with Gasteiger partial charge in [0.05, 0.1) is 12.2 Å². The van der Waals surface area contributed by atoms with Crippen LogP contribution < -0.4 is 15.6 Å². The van der Waals surface area contributed by atoms with E-state index in [9.17, 15) is 9.59 Å². The number of hydrogen-bond donors (Lipinski definition) is 2. The molecule has 0 atom stereocenters. The smallest absolute Gasteiger partial charge is 0.271 e. The first-order chi connectivity index (χ1) is 13.1. The Morgan fingerprint density at radius 2 is 1.70 bits per heavy atom. The first kappa shape index (κ1) is 18.5. The maximum atomic E-state index is 12.4. The van der Waals surface area contributed by atoms with Gasteiger partial charge in [-0.2, -0.15) is 0 Å². The first-order valence-corrected chi connectivity index (χ1v) is 8.97. The third-order valence-electron chi connectivity index (χ3n) is 4.31. The van der Waals surface area contributed by atoms with E-state index >= 15 is 0 Å². The number of carbonyl (C=O) groups is 2. The van der Waals surface area contributed by atoms with Gasteiger partial charge in [0.25, 0.3) is 11.8 Å². The van der Waals surface area contributed by atoms with Gasteiger partial charge in [-0.15, -0.1) is 0 Å². The Labute approximate surface area is 158 Å². The molecule has 0 saturated heterocycles. The Hall–Kier alpha value is -3.28. The van der Waals surface area contributed by atoms with Crippen LogP contribution in [0.25, 0.3) is 10.9 Å². The molecule has 3 rings (SSSR count). The normalized spacial score (nSPS) is 10.6. The van der Waals surface area contributed by atoms with Gasteiger partial charge in [0, 0.05) is 29.7 Å². The molecule has 2 aromatic carbocycles. The van der Waals surface area contributed by atoms with Crippen LogP contribution in [0.4, 0.5) is 0 Å². The van der Waals surface area contributed by atoms with Crippen molar-refractivity contribution in [3.05, 3.63) is 65.9 Å². The number of nitrogens with one attached hydrogen (secondary N) is 2. The van der Waals surface area contributed by atoms with Gasteiger partial charge in [0.1, 0.15) is 5.75 Å². The summed E-state index contributed by atoms with van der Waals surface area (Å²) in [5, 5.41) is 0.834. The molecule has 0 aliphatic carbocycles. The van der Waals surface area contributed by atoms with Gasteiger partial charge < -0.3 is 9.30 Å². The number of hydrogen-bond acceptors (Lipinski definition) is 3. The maximum absolute atomic E-state index is 12.4. The number of rotatable bonds is 6. The molecule has 0 aliphatic rings. The summed E-state index contributed by atoms with van der Waals surface area (Å²) in [6.07, 6.45) is 3.80. The van der Waals surface area contributed by atoms with Crippen LogP contribution >= 0.6 is 0 Å². The van der Waals surface area contributed by atoms with Crippen LogP contribution in [0.5, 0.6) is 5.75 Å². The number of ether oxygens (including phenoxy) is 1. The number of carbonyl (C=O) groups excluding carboxylic acids is 2. The highest BCUT2D eigenvalue weighted by molar-refractivity contribution is 6.07. The molecule has 140 valence electrons. The topological polar surface area (TPSA) is 72.4 Å². The maximum Gasteiger partial charge on any atom is 0.271 e. The van der Waals surface area contributed by atoms with Gasteiger partial charge in [-0.05, 0) is 36.8 Å².